The van der Waals surface area contributed by atoms with Gasteiger partial charge in [0.15, 0.2) is 0 Å². The van der Waals surface area contributed by atoms with Crippen molar-refractivity contribution in [2.24, 2.45) is 0 Å². The molecular formula is C23H31N5O. The number of hydrogen-bond acceptors (Lipinski definition) is 5. The minimum Gasteiger partial charge on any atom is -0.506 e. The lowest BCUT2D eigenvalue weighted by atomic mass is 10.1. The first-order valence-electron chi connectivity index (χ1n) is 10.6. The van der Waals surface area contributed by atoms with Crippen molar-refractivity contribution in [3.05, 3.63) is 46.8 Å². The van der Waals surface area contributed by atoms with Crippen molar-refractivity contribution in [3.8, 4) is 5.75 Å². The Labute approximate surface area is 172 Å². The Balaban J connectivity index is 1.64. The molecule has 2 aromatic heterocycles. The molecule has 3 aromatic rings. The number of hydrogen-bond donors (Lipinski definition) is 2. The van der Waals surface area contributed by atoms with Gasteiger partial charge in [-0.25, -0.2) is 4.98 Å². The zero-order chi connectivity index (χ0) is 20.4. The first-order valence-corrected chi connectivity index (χ1v) is 10.6. The number of pyridine rings is 1. The zero-order valence-electron chi connectivity index (χ0n) is 17.7. The third-order valence-corrected chi connectivity index (χ3v) is 5.75. The van der Waals surface area contributed by atoms with Crippen LogP contribution < -0.4 is 5.32 Å². The van der Waals surface area contributed by atoms with Crippen LogP contribution in [0.1, 0.15) is 41.8 Å². The molecule has 1 saturated heterocycles. The van der Waals surface area contributed by atoms with Crippen LogP contribution in [0.3, 0.4) is 0 Å². The smallest absolute Gasteiger partial charge is 0.204 e. The fourth-order valence-electron chi connectivity index (χ4n) is 4.24. The molecule has 154 valence electrons. The minimum atomic E-state index is 0.223. The summed E-state index contributed by atoms with van der Waals surface area (Å²) >= 11 is 0. The molecule has 6 nitrogen and oxygen atoms in total. The van der Waals surface area contributed by atoms with E-state index < -0.39 is 0 Å². The van der Waals surface area contributed by atoms with E-state index in [0.29, 0.717) is 12.2 Å². The molecule has 0 amide bonds. The first-order chi connectivity index (χ1) is 14.0. The molecule has 0 atom stereocenters. The van der Waals surface area contributed by atoms with Crippen LogP contribution in [-0.2, 0) is 6.54 Å². The van der Waals surface area contributed by atoms with E-state index >= 15 is 0 Å². The summed E-state index contributed by atoms with van der Waals surface area (Å²) in [5.74, 6) is 1.06. The van der Waals surface area contributed by atoms with Crippen LogP contribution in [0.5, 0.6) is 5.75 Å². The van der Waals surface area contributed by atoms with E-state index in [-0.39, 0.29) is 5.75 Å². The van der Waals surface area contributed by atoms with Crippen molar-refractivity contribution in [1.82, 2.24) is 19.4 Å². The molecule has 2 N–H and O–H groups in total. The van der Waals surface area contributed by atoms with Crippen molar-refractivity contribution in [2.75, 3.05) is 31.5 Å². The van der Waals surface area contributed by atoms with Gasteiger partial charge in [-0.2, -0.15) is 0 Å². The fraction of sp³-hybridized carbons (Fsp3) is 0.478. The summed E-state index contributed by atoms with van der Waals surface area (Å²) in [7, 11) is 0. The molecule has 0 spiro atoms. The first kappa shape index (κ1) is 19.7. The number of aromatic nitrogens is 3. The van der Waals surface area contributed by atoms with Gasteiger partial charge in [0, 0.05) is 18.8 Å². The summed E-state index contributed by atoms with van der Waals surface area (Å²) in [6, 6.07) is 7.88. The summed E-state index contributed by atoms with van der Waals surface area (Å²) in [5.41, 5.74) is 6.02. The number of nitrogens with one attached hydrogen (secondary N) is 1. The van der Waals surface area contributed by atoms with Crippen molar-refractivity contribution in [1.29, 1.82) is 0 Å². The molecular weight excluding hydrogens is 362 g/mol. The van der Waals surface area contributed by atoms with Crippen LogP contribution in [0.15, 0.2) is 24.3 Å². The SMILES string of the molecule is Cc1cc(C)c2nc(NCCN3CCCCC3)n(Cc3nc(C)ccc3O)c2c1. The van der Waals surface area contributed by atoms with Crippen molar-refractivity contribution >= 4 is 17.0 Å². The Kier molecular flexibility index (Phi) is 5.72. The van der Waals surface area contributed by atoms with Gasteiger partial charge in [0.1, 0.15) is 11.4 Å². The van der Waals surface area contributed by atoms with Crippen LogP contribution in [0.4, 0.5) is 5.95 Å². The number of aryl methyl sites for hydroxylation is 3. The van der Waals surface area contributed by atoms with Crippen LogP contribution in [-0.4, -0.2) is 50.7 Å². The average Bonchev–Trinajstić information content (AvgIpc) is 3.03. The summed E-state index contributed by atoms with van der Waals surface area (Å²) in [5, 5.41) is 13.9. The van der Waals surface area contributed by atoms with E-state index in [9.17, 15) is 5.11 Å². The van der Waals surface area contributed by atoms with Gasteiger partial charge in [-0.3, -0.25) is 4.98 Å². The molecule has 0 radical (unpaired) electrons. The van der Waals surface area contributed by atoms with Gasteiger partial charge in [-0.1, -0.05) is 12.5 Å². The summed E-state index contributed by atoms with van der Waals surface area (Å²) in [6.45, 7) is 10.9. The molecule has 1 aliphatic rings. The number of benzene rings is 1. The molecule has 29 heavy (non-hydrogen) atoms. The Bertz CT molecular complexity index is 1000. The maximum Gasteiger partial charge on any atom is 0.204 e. The highest BCUT2D eigenvalue weighted by molar-refractivity contribution is 5.82. The minimum absolute atomic E-state index is 0.223. The summed E-state index contributed by atoms with van der Waals surface area (Å²) < 4.78 is 2.15. The molecule has 0 aliphatic carbocycles. The summed E-state index contributed by atoms with van der Waals surface area (Å²) in [4.78, 5) is 12.0. The van der Waals surface area contributed by atoms with Gasteiger partial charge < -0.3 is 19.9 Å². The van der Waals surface area contributed by atoms with Gasteiger partial charge in [-0.05, 0) is 76.0 Å². The Morgan fingerprint density at radius 3 is 2.62 bits per heavy atom. The van der Waals surface area contributed by atoms with Gasteiger partial charge in [-0.15, -0.1) is 0 Å². The Hall–Kier alpha value is -2.60. The van der Waals surface area contributed by atoms with Crippen molar-refractivity contribution in [3.63, 3.8) is 0 Å². The zero-order valence-corrected chi connectivity index (χ0v) is 17.7. The van der Waals surface area contributed by atoms with E-state index in [2.05, 4.69) is 45.7 Å². The maximum absolute atomic E-state index is 10.3. The predicted molar refractivity (Wildman–Crippen MR) is 118 cm³/mol. The van der Waals surface area contributed by atoms with Gasteiger partial charge in [0.05, 0.1) is 17.6 Å². The Morgan fingerprint density at radius 1 is 1.03 bits per heavy atom. The van der Waals surface area contributed by atoms with Crippen LogP contribution >= 0.6 is 0 Å². The molecule has 6 heteroatoms. The van der Waals surface area contributed by atoms with Gasteiger partial charge in [0.2, 0.25) is 5.95 Å². The predicted octanol–water partition coefficient (Wildman–Crippen LogP) is 4.01. The fourth-order valence-corrected chi connectivity index (χ4v) is 4.24. The number of piperidine rings is 1. The number of imidazole rings is 1. The third-order valence-electron chi connectivity index (χ3n) is 5.75. The molecule has 1 fully saturated rings. The largest absolute Gasteiger partial charge is 0.506 e. The number of fused-ring (bicyclic) bond motifs is 1. The van der Waals surface area contributed by atoms with E-state index in [1.807, 2.05) is 13.0 Å². The number of aromatic hydroxyl groups is 1. The van der Waals surface area contributed by atoms with Gasteiger partial charge in [0.25, 0.3) is 0 Å². The second-order valence-electron chi connectivity index (χ2n) is 8.22. The van der Waals surface area contributed by atoms with Crippen molar-refractivity contribution < 1.29 is 5.11 Å². The highest BCUT2D eigenvalue weighted by Crippen LogP contribution is 2.27. The van der Waals surface area contributed by atoms with Crippen molar-refractivity contribution in [2.45, 2.75) is 46.6 Å². The number of rotatable bonds is 6. The average molecular weight is 394 g/mol. The summed E-state index contributed by atoms with van der Waals surface area (Å²) in [6.07, 6.45) is 3.95. The van der Waals surface area contributed by atoms with Gasteiger partial charge >= 0.3 is 0 Å². The molecule has 1 aromatic carbocycles. The number of anilines is 1. The van der Waals surface area contributed by atoms with Crippen LogP contribution in [0, 0.1) is 20.8 Å². The lowest BCUT2D eigenvalue weighted by Crippen LogP contribution is -2.34. The second kappa shape index (κ2) is 8.41. The molecule has 0 unspecified atom stereocenters. The monoisotopic (exact) mass is 393 g/mol. The normalized spacial score (nSPS) is 15.1. The molecule has 0 saturated carbocycles. The second-order valence-corrected chi connectivity index (χ2v) is 8.22. The highest BCUT2D eigenvalue weighted by Gasteiger charge is 2.16. The molecule has 3 heterocycles. The van der Waals surface area contributed by atoms with E-state index in [1.54, 1.807) is 6.07 Å². The quantitative estimate of drug-likeness (QED) is 0.662. The number of nitrogens with zero attached hydrogens (tertiary/aromatic N) is 4. The Morgan fingerprint density at radius 2 is 1.83 bits per heavy atom. The lowest BCUT2D eigenvalue weighted by molar-refractivity contribution is 0.237. The maximum atomic E-state index is 10.3. The molecule has 1 aliphatic heterocycles. The number of likely N-dealkylation sites (tertiary alicyclic amines) is 1. The van der Waals surface area contributed by atoms with E-state index in [1.165, 1.54) is 43.5 Å². The van der Waals surface area contributed by atoms with Crippen LogP contribution in [0.25, 0.3) is 11.0 Å². The van der Waals surface area contributed by atoms with E-state index in [4.69, 9.17) is 4.98 Å². The third kappa shape index (κ3) is 4.37. The molecule has 4 rings (SSSR count). The lowest BCUT2D eigenvalue weighted by Gasteiger charge is -2.26. The molecule has 0 bridgehead atoms. The van der Waals surface area contributed by atoms with Crippen LogP contribution in [0.2, 0.25) is 0 Å². The topological polar surface area (TPSA) is 66.2 Å². The standard InChI is InChI=1S/C23H31N5O/c1-16-13-17(2)22-20(14-16)28(15-19-21(29)8-7-18(3)25-19)23(26-22)24-9-12-27-10-5-4-6-11-27/h7-8,13-14,29H,4-6,9-12,15H2,1-3H3,(H,24,26). The van der Waals surface area contributed by atoms with E-state index in [0.717, 1.165) is 35.8 Å². The highest BCUT2D eigenvalue weighted by atomic mass is 16.3.